The first-order valence-corrected chi connectivity index (χ1v) is 6.56. The average molecular weight is 252 g/mol. The molecule has 0 aliphatic rings. The fourth-order valence-corrected chi connectivity index (χ4v) is 2.03. The van der Waals surface area contributed by atoms with Crippen LogP contribution in [0, 0.1) is 6.92 Å². The van der Waals surface area contributed by atoms with Crippen LogP contribution in [0.3, 0.4) is 0 Å². The normalized spacial score (nSPS) is 12.5. The van der Waals surface area contributed by atoms with Crippen LogP contribution in [0.25, 0.3) is 0 Å². The maximum absolute atomic E-state index is 6.06. The molecule has 1 nitrogen and oxygen atoms in total. The minimum Gasteiger partial charge on any atom is -0.310 e. The third-order valence-electron chi connectivity index (χ3n) is 2.89. The molecule has 1 unspecified atom stereocenters. The third-order valence-corrected chi connectivity index (χ3v) is 3.32. The first-order chi connectivity index (χ1) is 8.04. The Labute approximate surface area is 110 Å². The van der Waals surface area contributed by atoms with Gasteiger partial charge in [0, 0.05) is 11.1 Å². The summed E-state index contributed by atoms with van der Waals surface area (Å²) in [4.78, 5) is 0. The first-order valence-electron chi connectivity index (χ1n) is 6.18. The number of nitrogens with one attached hydrogen (secondary N) is 1. The highest BCUT2D eigenvalue weighted by molar-refractivity contribution is 6.31. The van der Waals surface area contributed by atoms with Crippen LogP contribution in [-0.4, -0.2) is 6.54 Å². The number of rotatable bonds is 6. The minimum absolute atomic E-state index is 0.396. The molecule has 0 aliphatic carbocycles. The average Bonchev–Trinajstić information content (AvgIpc) is 2.28. The summed E-state index contributed by atoms with van der Waals surface area (Å²) < 4.78 is 0. The van der Waals surface area contributed by atoms with Gasteiger partial charge in [0.15, 0.2) is 0 Å². The van der Waals surface area contributed by atoms with Gasteiger partial charge in [-0.15, -0.1) is 6.58 Å². The second-order valence-corrected chi connectivity index (χ2v) is 5.02. The van der Waals surface area contributed by atoms with E-state index in [2.05, 4.69) is 37.9 Å². The Hall–Kier alpha value is -0.790. The van der Waals surface area contributed by atoms with E-state index < -0.39 is 0 Å². The summed E-state index contributed by atoms with van der Waals surface area (Å²) >= 11 is 6.06. The molecule has 1 N–H and O–H groups in total. The van der Waals surface area contributed by atoms with Crippen molar-refractivity contribution >= 4 is 11.6 Å². The number of halogens is 1. The van der Waals surface area contributed by atoms with Crippen LogP contribution >= 0.6 is 11.6 Å². The summed E-state index contributed by atoms with van der Waals surface area (Å²) in [5, 5.41) is 4.35. The van der Waals surface area contributed by atoms with Gasteiger partial charge >= 0.3 is 0 Å². The lowest BCUT2D eigenvalue weighted by Gasteiger charge is -2.19. The minimum atomic E-state index is 0.396. The molecule has 0 aromatic heterocycles. The van der Waals surface area contributed by atoms with Gasteiger partial charge in [-0.2, -0.15) is 0 Å². The van der Waals surface area contributed by atoms with Crippen molar-refractivity contribution in [3.05, 3.63) is 46.5 Å². The van der Waals surface area contributed by atoms with Gasteiger partial charge in [0.2, 0.25) is 0 Å². The van der Waals surface area contributed by atoms with Crippen LogP contribution in [0.15, 0.2) is 30.4 Å². The van der Waals surface area contributed by atoms with Gasteiger partial charge in [0.05, 0.1) is 0 Å². The van der Waals surface area contributed by atoms with Crippen LogP contribution in [-0.2, 0) is 0 Å². The number of benzene rings is 1. The van der Waals surface area contributed by atoms with E-state index >= 15 is 0 Å². The van der Waals surface area contributed by atoms with Gasteiger partial charge in [0.25, 0.3) is 0 Å². The summed E-state index contributed by atoms with van der Waals surface area (Å²) in [6, 6.07) is 6.67. The quantitative estimate of drug-likeness (QED) is 0.726. The molecule has 0 aliphatic heterocycles. The van der Waals surface area contributed by atoms with Crippen molar-refractivity contribution in [2.75, 3.05) is 6.54 Å². The van der Waals surface area contributed by atoms with Crippen LogP contribution in [0.5, 0.6) is 0 Å². The van der Waals surface area contributed by atoms with Crippen molar-refractivity contribution in [1.82, 2.24) is 5.32 Å². The zero-order valence-electron chi connectivity index (χ0n) is 11.0. The maximum atomic E-state index is 6.06. The van der Waals surface area contributed by atoms with E-state index in [9.17, 15) is 0 Å². The lowest BCUT2D eigenvalue weighted by Crippen LogP contribution is -2.21. The first kappa shape index (κ1) is 14.3. The predicted molar refractivity (Wildman–Crippen MR) is 76.7 cm³/mol. The Bertz CT molecular complexity index is 385. The van der Waals surface area contributed by atoms with Gasteiger partial charge in [0.1, 0.15) is 0 Å². The van der Waals surface area contributed by atoms with Crippen molar-refractivity contribution < 1.29 is 0 Å². The fraction of sp³-hybridized carbons (Fsp3) is 0.467. The molecule has 0 heterocycles. The third kappa shape index (κ3) is 4.53. The molecule has 0 spiro atoms. The molecule has 94 valence electrons. The molecule has 17 heavy (non-hydrogen) atoms. The molecule has 2 heteroatoms. The van der Waals surface area contributed by atoms with Crippen molar-refractivity contribution in [2.24, 2.45) is 0 Å². The highest BCUT2D eigenvalue weighted by Gasteiger charge is 2.10. The molecule has 0 saturated heterocycles. The smallest absolute Gasteiger partial charge is 0.0435 e. The van der Waals surface area contributed by atoms with Crippen molar-refractivity contribution in [3.63, 3.8) is 0 Å². The molecule has 0 saturated carbocycles. The van der Waals surface area contributed by atoms with E-state index in [-0.39, 0.29) is 0 Å². The maximum Gasteiger partial charge on any atom is 0.0435 e. The Morgan fingerprint density at radius 2 is 2.18 bits per heavy atom. The molecular formula is C15H22ClN. The van der Waals surface area contributed by atoms with Gasteiger partial charge in [-0.3, -0.25) is 0 Å². The largest absolute Gasteiger partial charge is 0.310 e. The van der Waals surface area contributed by atoms with Crippen LogP contribution in [0.4, 0.5) is 0 Å². The van der Waals surface area contributed by atoms with Gasteiger partial charge in [-0.25, -0.2) is 0 Å². The fourth-order valence-electron chi connectivity index (χ4n) is 1.91. The lowest BCUT2D eigenvalue weighted by molar-refractivity contribution is 0.514. The highest BCUT2D eigenvalue weighted by Crippen LogP contribution is 2.24. The SMILES string of the molecule is C=C(C)CCC(NCC)c1ccc(Cl)c(C)c1. The Morgan fingerprint density at radius 1 is 1.47 bits per heavy atom. The second-order valence-electron chi connectivity index (χ2n) is 4.61. The summed E-state index contributed by atoms with van der Waals surface area (Å²) in [5.41, 5.74) is 3.69. The summed E-state index contributed by atoms with van der Waals surface area (Å²) in [6.07, 6.45) is 2.14. The van der Waals surface area contributed by atoms with Crippen LogP contribution in [0.2, 0.25) is 5.02 Å². The van der Waals surface area contributed by atoms with Gasteiger partial charge < -0.3 is 5.32 Å². The van der Waals surface area contributed by atoms with E-state index in [1.54, 1.807) is 0 Å². The zero-order valence-corrected chi connectivity index (χ0v) is 11.8. The van der Waals surface area contributed by atoms with Crippen molar-refractivity contribution in [1.29, 1.82) is 0 Å². The Balaban J connectivity index is 2.81. The van der Waals surface area contributed by atoms with E-state index in [1.165, 1.54) is 11.1 Å². The second kappa shape index (κ2) is 6.83. The molecule has 1 aromatic carbocycles. The van der Waals surface area contributed by atoms with Crippen molar-refractivity contribution in [2.45, 2.75) is 39.7 Å². The molecular weight excluding hydrogens is 230 g/mol. The number of aryl methyl sites for hydroxylation is 1. The van der Waals surface area contributed by atoms with Crippen LogP contribution < -0.4 is 5.32 Å². The zero-order chi connectivity index (χ0) is 12.8. The molecule has 1 rings (SSSR count). The molecule has 0 radical (unpaired) electrons. The summed E-state index contributed by atoms with van der Waals surface area (Å²) in [6.45, 7) is 11.2. The molecule has 1 aromatic rings. The molecule has 1 atom stereocenters. The van der Waals surface area contributed by atoms with E-state index in [4.69, 9.17) is 11.6 Å². The number of hydrogen-bond acceptors (Lipinski definition) is 1. The highest BCUT2D eigenvalue weighted by atomic mass is 35.5. The standard InChI is InChI=1S/C15H22ClN/c1-5-17-15(9-6-11(2)3)13-7-8-14(16)12(4)10-13/h7-8,10,15,17H,2,5-6,9H2,1,3-4H3. The van der Waals surface area contributed by atoms with E-state index in [1.807, 2.05) is 13.0 Å². The molecule has 0 fully saturated rings. The molecule has 0 bridgehead atoms. The Kier molecular flexibility index (Phi) is 5.73. The summed E-state index contributed by atoms with van der Waals surface area (Å²) in [5.74, 6) is 0. The summed E-state index contributed by atoms with van der Waals surface area (Å²) in [7, 11) is 0. The van der Waals surface area contributed by atoms with Gasteiger partial charge in [-0.1, -0.05) is 36.2 Å². The van der Waals surface area contributed by atoms with E-state index in [0.717, 1.165) is 30.0 Å². The van der Waals surface area contributed by atoms with Crippen LogP contribution in [0.1, 0.15) is 43.9 Å². The monoisotopic (exact) mass is 251 g/mol. The van der Waals surface area contributed by atoms with E-state index in [0.29, 0.717) is 6.04 Å². The number of allylic oxidation sites excluding steroid dienone is 1. The lowest BCUT2D eigenvalue weighted by atomic mass is 9.98. The number of hydrogen-bond donors (Lipinski definition) is 1. The Morgan fingerprint density at radius 3 is 2.71 bits per heavy atom. The molecule has 0 amide bonds. The predicted octanol–water partition coefficient (Wildman–Crippen LogP) is 4.66. The van der Waals surface area contributed by atoms with Gasteiger partial charge in [-0.05, 0) is 50.4 Å². The topological polar surface area (TPSA) is 12.0 Å². The van der Waals surface area contributed by atoms with Crippen molar-refractivity contribution in [3.8, 4) is 0 Å².